The molecule has 0 saturated carbocycles. The summed E-state index contributed by atoms with van der Waals surface area (Å²) >= 11 is 0. The average molecular weight is 818 g/mol. The summed E-state index contributed by atoms with van der Waals surface area (Å²) < 4.78 is 17.8. The van der Waals surface area contributed by atoms with Gasteiger partial charge in [0.05, 0.1) is 38.8 Å². The zero-order valence-corrected chi connectivity index (χ0v) is 33.5. The van der Waals surface area contributed by atoms with Crippen molar-refractivity contribution in [1.29, 1.82) is 0 Å². The maximum Gasteiger partial charge on any atom is 0.324 e. The highest BCUT2D eigenvalue weighted by Crippen LogP contribution is 2.65. The minimum atomic E-state index is -1.74. The first-order valence-electron chi connectivity index (χ1n) is 20.0. The van der Waals surface area contributed by atoms with Gasteiger partial charge in [-0.05, 0) is 82.3 Å². The van der Waals surface area contributed by atoms with Crippen LogP contribution in [0.25, 0.3) is 0 Å². The molecule has 13 heteroatoms. The van der Waals surface area contributed by atoms with Gasteiger partial charge in [0.1, 0.15) is 23.3 Å². The van der Waals surface area contributed by atoms with Crippen molar-refractivity contribution in [1.82, 2.24) is 15.1 Å². The number of carbonyl (C=O) groups is 4. The molecule has 0 bridgehead atoms. The number of anilines is 1. The van der Waals surface area contributed by atoms with Crippen LogP contribution in [0.5, 0.6) is 17.2 Å². The first kappa shape index (κ1) is 39.2. The van der Waals surface area contributed by atoms with Gasteiger partial charge < -0.3 is 40.6 Å². The molecule has 0 aromatic heterocycles. The number of methoxy groups -OCH3 is 2. The second kappa shape index (κ2) is 15.7. The first-order valence-corrected chi connectivity index (χ1v) is 20.0. The molecule has 9 rings (SSSR count). The standard InChI is InChI=1S/C48H43N5O8/c1-59-37-25-32-21-23-52(27-33(32)26-38(37)60-2)44(55)39-41-45(56)61-42(30-13-7-4-8-14-30)40(29-11-5-3-6-12-29)53(41)43(31-16-18-34(54)19-17-31)48(39)35-24-28(10-9-22-50-47(49)58)15-20-36(35)51-46(48)57/h3-8,11-20,24-26,39-43,54H,21-23,27H2,1-2H3,(H,51,57)(H3,49,50,58)/t39-,40-,41-,42+,43+,48-/m0/s1. The molecular weight excluding hydrogens is 775 g/mol. The number of cyclic esters (lactones) is 1. The van der Waals surface area contributed by atoms with Crippen LogP contribution in [0.2, 0.25) is 0 Å². The summed E-state index contributed by atoms with van der Waals surface area (Å²) in [6.07, 6.45) is -0.340. The van der Waals surface area contributed by atoms with Gasteiger partial charge in [-0.1, -0.05) is 84.6 Å². The summed E-state index contributed by atoms with van der Waals surface area (Å²) in [6, 6.07) is 31.2. The van der Waals surface area contributed by atoms with E-state index in [1.807, 2.05) is 77.7 Å². The number of ether oxygens (including phenoxy) is 3. The van der Waals surface area contributed by atoms with Gasteiger partial charge >= 0.3 is 12.0 Å². The van der Waals surface area contributed by atoms with E-state index in [9.17, 15) is 9.90 Å². The molecule has 5 aromatic carbocycles. The number of esters is 1. The summed E-state index contributed by atoms with van der Waals surface area (Å²) in [7, 11) is 3.13. The number of nitrogens with two attached hydrogens (primary N) is 1. The topological polar surface area (TPSA) is 173 Å². The molecule has 308 valence electrons. The molecule has 4 heterocycles. The summed E-state index contributed by atoms with van der Waals surface area (Å²) in [6.45, 7) is 0.482. The maximum absolute atomic E-state index is 15.9. The molecule has 0 unspecified atom stereocenters. The van der Waals surface area contributed by atoms with E-state index in [1.165, 1.54) is 0 Å². The highest BCUT2D eigenvalue weighted by molar-refractivity contribution is 6.12. The molecule has 0 aliphatic carbocycles. The molecule has 4 aliphatic heterocycles. The third kappa shape index (κ3) is 6.56. The second-order valence-electron chi connectivity index (χ2n) is 15.6. The van der Waals surface area contributed by atoms with Crippen molar-refractivity contribution >= 4 is 29.5 Å². The van der Waals surface area contributed by atoms with Crippen LogP contribution in [-0.4, -0.2) is 72.1 Å². The highest BCUT2D eigenvalue weighted by Gasteiger charge is 2.74. The second-order valence-corrected chi connectivity index (χ2v) is 15.6. The van der Waals surface area contributed by atoms with Gasteiger partial charge in [0.25, 0.3) is 0 Å². The maximum atomic E-state index is 15.9. The van der Waals surface area contributed by atoms with Crippen molar-refractivity contribution < 1.29 is 38.5 Å². The lowest BCUT2D eigenvalue weighted by Gasteiger charge is -2.46. The first-order chi connectivity index (χ1) is 29.6. The minimum absolute atomic E-state index is 0.0113. The molecule has 13 nitrogen and oxygen atoms in total. The molecular formula is C48H43N5O8. The molecule has 5 N–H and O–H groups in total. The smallest absolute Gasteiger partial charge is 0.324 e. The summed E-state index contributed by atoms with van der Waals surface area (Å²) in [5, 5.41) is 16.2. The van der Waals surface area contributed by atoms with Gasteiger partial charge in [-0.15, -0.1) is 0 Å². The van der Waals surface area contributed by atoms with Gasteiger partial charge in [-0.25, -0.2) is 4.79 Å². The van der Waals surface area contributed by atoms with Crippen LogP contribution in [0, 0.1) is 17.8 Å². The van der Waals surface area contributed by atoms with Crippen molar-refractivity contribution in [3.63, 3.8) is 0 Å². The fourth-order valence-corrected chi connectivity index (χ4v) is 9.85. The number of carbonyl (C=O) groups excluding carboxylic acids is 4. The lowest BCUT2D eigenvalue weighted by Crippen LogP contribution is -2.56. The Morgan fingerprint density at radius 2 is 1.54 bits per heavy atom. The number of urea groups is 1. The van der Waals surface area contributed by atoms with Crippen LogP contribution in [0.1, 0.15) is 57.1 Å². The molecule has 61 heavy (non-hydrogen) atoms. The number of fused-ring (bicyclic) bond motifs is 4. The Labute approximate surface area is 352 Å². The van der Waals surface area contributed by atoms with E-state index in [4.69, 9.17) is 19.9 Å². The van der Waals surface area contributed by atoms with Crippen molar-refractivity contribution in [2.24, 2.45) is 11.7 Å². The van der Waals surface area contributed by atoms with E-state index in [2.05, 4.69) is 22.5 Å². The number of aromatic hydroxyl groups is 1. The minimum Gasteiger partial charge on any atom is -0.508 e. The molecule has 4 amide bonds. The van der Waals surface area contributed by atoms with Crippen molar-refractivity contribution in [2.45, 2.75) is 42.6 Å². The number of phenolic OH excluding ortho intramolecular Hbond substituents is 1. The number of hydrogen-bond donors (Lipinski definition) is 4. The number of morpholine rings is 1. The zero-order valence-electron chi connectivity index (χ0n) is 33.5. The van der Waals surface area contributed by atoms with Crippen LogP contribution in [0.4, 0.5) is 10.5 Å². The van der Waals surface area contributed by atoms with E-state index in [1.54, 1.807) is 61.6 Å². The average Bonchev–Trinajstić information content (AvgIpc) is 3.76. The number of hydrogen-bond acceptors (Lipinski definition) is 9. The normalized spacial score (nSPS) is 23.7. The summed E-state index contributed by atoms with van der Waals surface area (Å²) in [4.78, 5) is 61.7. The van der Waals surface area contributed by atoms with Crippen LogP contribution in [-0.2, 0) is 37.5 Å². The van der Waals surface area contributed by atoms with E-state index >= 15 is 14.4 Å². The van der Waals surface area contributed by atoms with E-state index in [0.29, 0.717) is 46.8 Å². The SMILES string of the molecule is COc1cc2c(cc1OC)CN(C(=O)[C@@H]1[C@H]3C(=O)O[C@H](c4ccccc4)[C@H](c4ccccc4)N3[C@H](c3ccc(O)cc3)[C@@]13C(=O)Nc1ccc(C#CCNC(N)=O)cc13)CC2. The number of nitrogens with zero attached hydrogens (tertiary/aromatic N) is 2. The Kier molecular flexibility index (Phi) is 10.1. The molecule has 6 atom stereocenters. The van der Waals surface area contributed by atoms with Gasteiger partial charge in [0.15, 0.2) is 11.5 Å². The Morgan fingerprint density at radius 1 is 0.869 bits per heavy atom. The molecule has 2 fully saturated rings. The molecule has 4 aliphatic rings. The highest BCUT2D eigenvalue weighted by atomic mass is 16.6. The molecule has 0 radical (unpaired) electrons. The monoisotopic (exact) mass is 817 g/mol. The van der Waals surface area contributed by atoms with Crippen LogP contribution < -0.4 is 25.8 Å². The number of nitrogens with one attached hydrogen (secondary N) is 2. The lowest BCUT2D eigenvalue weighted by atomic mass is 9.65. The van der Waals surface area contributed by atoms with Crippen LogP contribution in [0.15, 0.2) is 115 Å². The Bertz CT molecular complexity index is 2610. The zero-order chi connectivity index (χ0) is 42.4. The van der Waals surface area contributed by atoms with Gasteiger partial charge in [0.2, 0.25) is 11.8 Å². The predicted molar refractivity (Wildman–Crippen MR) is 224 cm³/mol. The Balaban J connectivity index is 1.29. The molecule has 5 aromatic rings. The van der Waals surface area contributed by atoms with E-state index in [-0.39, 0.29) is 18.8 Å². The van der Waals surface area contributed by atoms with Crippen molar-refractivity contribution in [2.75, 3.05) is 32.6 Å². The largest absolute Gasteiger partial charge is 0.508 e. The van der Waals surface area contributed by atoms with Gasteiger partial charge in [-0.2, -0.15) is 0 Å². The third-order valence-electron chi connectivity index (χ3n) is 12.4. The van der Waals surface area contributed by atoms with Crippen molar-refractivity contribution in [3.8, 4) is 29.1 Å². The summed E-state index contributed by atoms with van der Waals surface area (Å²) in [5.74, 6) is 4.27. The van der Waals surface area contributed by atoms with E-state index in [0.717, 1.165) is 22.3 Å². The Morgan fingerprint density at radius 3 is 2.21 bits per heavy atom. The number of benzene rings is 5. The van der Waals surface area contributed by atoms with Gasteiger partial charge in [-0.3, -0.25) is 19.3 Å². The lowest BCUT2D eigenvalue weighted by molar-refractivity contribution is -0.179. The van der Waals surface area contributed by atoms with Gasteiger partial charge in [0, 0.05) is 24.3 Å². The number of rotatable bonds is 7. The number of primary amides is 1. The number of phenols is 1. The van der Waals surface area contributed by atoms with Crippen molar-refractivity contribution in [3.05, 3.63) is 154 Å². The fraction of sp³-hybridized carbons (Fsp3) is 0.250. The quantitative estimate of drug-likeness (QED) is 0.126. The predicted octanol–water partition coefficient (Wildman–Crippen LogP) is 5.29. The molecule has 2 saturated heterocycles. The summed E-state index contributed by atoms with van der Waals surface area (Å²) in [5.41, 5.74) is 9.01. The van der Waals surface area contributed by atoms with Crippen LogP contribution in [0.3, 0.4) is 0 Å². The van der Waals surface area contributed by atoms with Crippen LogP contribution >= 0.6 is 0 Å². The fourth-order valence-electron chi connectivity index (χ4n) is 9.85. The molecule has 1 spiro atoms. The number of amides is 4. The third-order valence-corrected chi connectivity index (χ3v) is 12.4. The van der Waals surface area contributed by atoms with E-state index < -0.39 is 59.4 Å². The Hall–Kier alpha value is -7.30.